The average molecular weight is 433 g/mol. The van der Waals surface area contributed by atoms with E-state index in [-0.39, 0.29) is 18.2 Å². The number of nitrogens with zero attached hydrogens (tertiary/aromatic N) is 3. The fraction of sp³-hybridized carbons (Fsp3) is 0.429. The second-order valence-corrected chi connectivity index (χ2v) is 9.34. The number of rotatable bonds is 8. The zero-order valence-corrected chi connectivity index (χ0v) is 18.1. The highest BCUT2D eigenvalue weighted by Gasteiger charge is 2.27. The lowest BCUT2D eigenvalue weighted by Crippen LogP contribution is -2.50. The summed E-state index contributed by atoms with van der Waals surface area (Å²) in [6.45, 7) is 5.64. The highest BCUT2D eigenvalue weighted by molar-refractivity contribution is 7.89. The molecule has 0 bridgehead atoms. The molecule has 9 heteroatoms. The molecule has 1 aliphatic heterocycles. The molecule has 1 saturated heterocycles. The van der Waals surface area contributed by atoms with Crippen LogP contribution in [0, 0.1) is 6.92 Å². The molecule has 0 radical (unpaired) electrons. The molecule has 1 aromatic carbocycles. The summed E-state index contributed by atoms with van der Waals surface area (Å²) in [5, 5.41) is 2.65. The maximum atomic E-state index is 12.6. The van der Waals surface area contributed by atoms with Crippen molar-refractivity contribution in [1.29, 1.82) is 0 Å². The van der Waals surface area contributed by atoms with Crippen LogP contribution in [0.4, 0.5) is 5.82 Å². The third-order valence-corrected chi connectivity index (χ3v) is 6.84. The van der Waals surface area contributed by atoms with Gasteiger partial charge in [0.05, 0.1) is 5.75 Å². The smallest absolute Gasteiger partial charge is 0.260 e. The minimum Gasteiger partial charge on any atom is -0.481 e. The highest BCUT2D eigenvalue weighted by Crippen LogP contribution is 2.15. The van der Waals surface area contributed by atoms with Gasteiger partial charge in [0.25, 0.3) is 5.91 Å². The van der Waals surface area contributed by atoms with Gasteiger partial charge < -0.3 is 15.0 Å². The molecule has 0 spiro atoms. The Balaban J connectivity index is 1.42. The molecule has 1 fully saturated rings. The number of hydrogen-bond donors (Lipinski definition) is 1. The molecule has 1 atom stereocenters. The minimum atomic E-state index is -3.44. The summed E-state index contributed by atoms with van der Waals surface area (Å²) in [5.74, 6) is 0.969. The van der Waals surface area contributed by atoms with Gasteiger partial charge in [0, 0.05) is 38.9 Å². The number of aryl methyl sites for hydroxylation is 1. The zero-order valence-electron chi connectivity index (χ0n) is 17.3. The summed E-state index contributed by atoms with van der Waals surface area (Å²) in [6.07, 6.45) is 1.02. The SMILES string of the molecule is Cc1ccc(OC(C)C(=O)NCCS(=O)(=O)N2CCN(c3ccccn3)CC2)cc1. The lowest BCUT2D eigenvalue weighted by atomic mass is 10.2. The van der Waals surface area contributed by atoms with Crippen LogP contribution < -0.4 is 15.0 Å². The lowest BCUT2D eigenvalue weighted by Gasteiger charge is -2.34. The van der Waals surface area contributed by atoms with Gasteiger partial charge in [-0.2, -0.15) is 4.31 Å². The van der Waals surface area contributed by atoms with Gasteiger partial charge in [-0.15, -0.1) is 0 Å². The van der Waals surface area contributed by atoms with E-state index in [9.17, 15) is 13.2 Å². The van der Waals surface area contributed by atoms with Crippen LogP contribution in [-0.4, -0.2) is 68.2 Å². The number of carbonyl (C=O) groups is 1. The summed E-state index contributed by atoms with van der Waals surface area (Å²) in [5.41, 5.74) is 1.10. The highest BCUT2D eigenvalue weighted by atomic mass is 32.2. The maximum absolute atomic E-state index is 12.6. The van der Waals surface area contributed by atoms with E-state index in [1.165, 1.54) is 4.31 Å². The van der Waals surface area contributed by atoms with Crippen molar-refractivity contribution in [3.8, 4) is 5.75 Å². The summed E-state index contributed by atoms with van der Waals surface area (Å²) in [4.78, 5) is 18.6. The van der Waals surface area contributed by atoms with Gasteiger partial charge in [-0.05, 0) is 38.1 Å². The van der Waals surface area contributed by atoms with Gasteiger partial charge >= 0.3 is 0 Å². The van der Waals surface area contributed by atoms with Crippen LogP contribution in [0.3, 0.4) is 0 Å². The molecule has 1 N–H and O–H groups in total. The molecular formula is C21H28N4O4S. The zero-order chi connectivity index (χ0) is 21.6. The number of carbonyl (C=O) groups excluding carboxylic acids is 1. The second-order valence-electron chi connectivity index (χ2n) is 7.25. The third kappa shape index (κ3) is 5.93. The standard InChI is InChI=1S/C21H28N4O4S/c1-17-6-8-19(9-7-17)29-18(2)21(26)23-11-16-30(27,28)25-14-12-24(13-15-25)20-5-3-4-10-22-20/h3-10,18H,11-16H2,1-2H3,(H,23,26). The molecule has 3 rings (SSSR count). The van der Waals surface area contributed by atoms with Gasteiger partial charge in [-0.25, -0.2) is 13.4 Å². The van der Waals surface area contributed by atoms with E-state index in [0.29, 0.717) is 31.9 Å². The van der Waals surface area contributed by atoms with Crippen LogP contribution in [0.5, 0.6) is 5.75 Å². The lowest BCUT2D eigenvalue weighted by molar-refractivity contribution is -0.127. The molecule has 162 valence electrons. The van der Waals surface area contributed by atoms with E-state index >= 15 is 0 Å². The summed E-state index contributed by atoms with van der Waals surface area (Å²) in [6, 6.07) is 13.1. The van der Waals surface area contributed by atoms with E-state index in [4.69, 9.17) is 4.74 Å². The number of amides is 1. The number of sulfonamides is 1. The van der Waals surface area contributed by atoms with Crippen LogP contribution in [0.2, 0.25) is 0 Å². The van der Waals surface area contributed by atoms with E-state index in [0.717, 1.165) is 11.4 Å². The van der Waals surface area contributed by atoms with Gasteiger partial charge in [0.1, 0.15) is 11.6 Å². The van der Waals surface area contributed by atoms with Crippen molar-refractivity contribution >= 4 is 21.7 Å². The van der Waals surface area contributed by atoms with Crippen LogP contribution >= 0.6 is 0 Å². The Kier molecular flexibility index (Phi) is 7.28. The van der Waals surface area contributed by atoms with Crippen LogP contribution in [0.25, 0.3) is 0 Å². The number of ether oxygens (including phenoxy) is 1. The Morgan fingerprint density at radius 3 is 2.47 bits per heavy atom. The Morgan fingerprint density at radius 1 is 1.13 bits per heavy atom. The fourth-order valence-corrected chi connectivity index (χ4v) is 4.52. The predicted octanol–water partition coefficient (Wildman–Crippen LogP) is 1.43. The number of anilines is 1. The molecule has 0 aliphatic carbocycles. The van der Waals surface area contributed by atoms with E-state index in [1.807, 2.05) is 37.3 Å². The minimum absolute atomic E-state index is 0.0449. The first-order valence-corrected chi connectivity index (χ1v) is 11.6. The summed E-state index contributed by atoms with van der Waals surface area (Å²) < 4.78 is 32.3. The monoisotopic (exact) mass is 432 g/mol. The van der Waals surface area contributed by atoms with Gasteiger partial charge in [-0.3, -0.25) is 4.79 Å². The Hall–Kier alpha value is -2.65. The van der Waals surface area contributed by atoms with E-state index < -0.39 is 16.1 Å². The molecule has 2 aromatic rings. The van der Waals surface area contributed by atoms with Gasteiger partial charge in [0.15, 0.2) is 6.10 Å². The first-order valence-electron chi connectivity index (χ1n) is 10.00. The van der Waals surface area contributed by atoms with Crippen molar-refractivity contribution < 1.29 is 17.9 Å². The molecule has 30 heavy (non-hydrogen) atoms. The van der Waals surface area contributed by atoms with E-state index in [1.54, 1.807) is 25.3 Å². The van der Waals surface area contributed by atoms with E-state index in [2.05, 4.69) is 15.2 Å². The molecule has 0 saturated carbocycles. The number of aromatic nitrogens is 1. The predicted molar refractivity (Wildman–Crippen MR) is 116 cm³/mol. The first kappa shape index (κ1) is 22.0. The maximum Gasteiger partial charge on any atom is 0.260 e. The quantitative estimate of drug-likeness (QED) is 0.679. The molecule has 2 heterocycles. The number of nitrogens with one attached hydrogen (secondary N) is 1. The third-order valence-electron chi connectivity index (χ3n) is 4.97. The largest absolute Gasteiger partial charge is 0.481 e. The van der Waals surface area contributed by atoms with Crippen molar-refractivity contribution in [3.63, 3.8) is 0 Å². The molecule has 1 aromatic heterocycles. The molecular weight excluding hydrogens is 404 g/mol. The van der Waals surface area contributed by atoms with Crippen molar-refractivity contribution in [2.75, 3.05) is 43.4 Å². The number of hydrogen-bond acceptors (Lipinski definition) is 6. The Bertz CT molecular complexity index is 927. The first-order chi connectivity index (χ1) is 14.3. The van der Waals surface area contributed by atoms with Crippen LogP contribution in [-0.2, 0) is 14.8 Å². The second kappa shape index (κ2) is 9.90. The average Bonchev–Trinajstić information content (AvgIpc) is 2.76. The fourth-order valence-electron chi connectivity index (χ4n) is 3.19. The molecule has 1 unspecified atom stereocenters. The summed E-state index contributed by atoms with van der Waals surface area (Å²) >= 11 is 0. The topological polar surface area (TPSA) is 91.8 Å². The molecule has 1 amide bonds. The van der Waals surface area contributed by atoms with Crippen molar-refractivity contribution in [3.05, 3.63) is 54.2 Å². The molecule has 8 nitrogen and oxygen atoms in total. The number of benzene rings is 1. The Morgan fingerprint density at radius 2 is 1.83 bits per heavy atom. The number of piperazine rings is 1. The Labute approximate surface area is 177 Å². The van der Waals surface area contributed by atoms with Crippen LogP contribution in [0.15, 0.2) is 48.7 Å². The number of pyridine rings is 1. The van der Waals surface area contributed by atoms with Crippen molar-refractivity contribution in [2.45, 2.75) is 20.0 Å². The normalized spacial score (nSPS) is 16.1. The van der Waals surface area contributed by atoms with Gasteiger partial charge in [-0.1, -0.05) is 23.8 Å². The van der Waals surface area contributed by atoms with Crippen molar-refractivity contribution in [1.82, 2.24) is 14.6 Å². The van der Waals surface area contributed by atoms with Gasteiger partial charge in [0.2, 0.25) is 10.0 Å². The van der Waals surface area contributed by atoms with Crippen molar-refractivity contribution in [2.24, 2.45) is 0 Å². The molecule has 1 aliphatic rings. The van der Waals surface area contributed by atoms with Crippen LogP contribution in [0.1, 0.15) is 12.5 Å². The summed E-state index contributed by atoms with van der Waals surface area (Å²) in [7, 11) is -3.44.